The summed E-state index contributed by atoms with van der Waals surface area (Å²) in [5, 5.41) is 9.08. The van der Waals surface area contributed by atoms with Crippen LogP contribution in [-0.2, 0) is 0 Å². The fourth-order valence-corrected chi connectivity index (χ4v) is 3.33. The fraction of sp³-hybridized carbons (Fsp3) is 0.588. The van der Waals surface area contributed by atoms with Crippen molar-refractivity contribution in [3.8, 4) is 5.75 Å². The van der Waals surface area contributed by atoms with Gasteiger partial charge in [-0.2, -0.15) is 0 Å². The molecule has 0 aromatic heterocycles. The quantitative estimate of drug-likeness (QED) is 0.765. The van der Waals surface area contributed by atoms with Gasteiger partial charge in [0.1, 0.15) is 5.75 Å². The second-order valence-electron chi connectivity index (χ2n) is 6.12. The molecule has 22 heavy (non-hydrogen) atoms. The second-order valence-corrected chi connectivity index (χ2v) is 6.97. The Balaban J connectivity index is 1.69. The third-order valence-corrected chi connectivity index (χ3v) is 5.28. The minimum Gasteiger partial charge on any atom is -0.494 e. The number of hydrogen-bond acceptors (Lipinski definition) is 2. The summed E-state index contributed by atoms with van der Waals surface area (Å²) in [5.74, 6) is 1.52. The molecule has 1 heterocycles. The summed E-state index contributed by atoms with van der Waals surface area (Å²) in [6, 6.07) is 6.15. The highest BCUT2D eigenvalue weighted by Gasteiger charge is 2.27. The molecule has 2 atom stereocenters. The van der Waals surface area contributed by atoms with E-state index in [4.69, 9.17) is 9.84 Å². The highest BCUT2D eigenvalue weighted by Crippen LogP contribution is 2.27. The molecule has 0 bridgehead atoms. The molecule has 0 spiro atoms. The second kappa shape index (κ2) is 7.86. The molecule has 0 aliphatic carbocycles. The predicted molar refractivity (Wildman–Crippen MR) is 90.5 cm³/mol. The van der Waals surface area contributed by atoms with Gasteiger partial charge >= 0.3 is 6.09 Å². The lowest BCUT2D eigenvalue weighted by Gasteiger charge is -2.35. The zero-order valence-corrected chi connectivity index (χ0v) is 14.8. The van der Waals surface area contributed by atoms with Crippen LogP contribution in [0.5, 0.6) is 5.75 Å². The summed E-state index contributed by atoms with van der Waals surface area (Å²) in [6.07, 6.45) is 3.25. The normalized spacial score (nSPS) is 21.7. The van der Waals surface area contributed by atoms with E-state index in [-0.39, 0.29) is 6.04 Å². The van der Waals surface area contributed by atoms with Gasteiger partial charge < -0.3 is 14.7 Å². The summed E-state index contributed by atoms with van der Waals surface area (Å²) in [5.41, 5.74) is 1.17. The van der Waals surface area contributed by atoms with Gasteiger partial charge in [-0.1, -0.05) is 15.9 Å². The van der Waals surface area contributed by atoms with E-state index >= 15 is 0 Å². The Labute approximate surface area is 140 Å². The molecule has 1 aliphatic rings. The molecular formula is C17H24BrNO3. The van der Waals surface area contributed by atoms with Gasteiger partial charge in [-0.3, -0.25) is 0 Å². The molecule has 2 rings (SSSR count). The minimum atomic E-state index is -0.792. The third kappa shape index (κ3) is 4.63. The number of amides is 1. The van der Waals surface area contributed by atoms with Crippen LogP contribution in [0, 0.1) is 12.8 Å². The monoisotopic (exact) mass is 369 g/mol. The van der Waals surface area contributed by atoms with Crippen molar-refractivity contribution in [2.75, 3.05) is 13.2 Å². The number of aryl methyl sites for hydroxylation is 1. The van der Waals surface area contributed by atoms with Gasteiger partial charge in [0.2, 0.25) is 0 Å². The number of likely N-dealkylation sites (tertiary alicyclic amines) is 1. The summed E-state index contributed by atoms with van der Waals surface area (Å²) >= 11 is 3.48. The molecule has 0 unspecified atom stereocenters. The largest absolute Gasteiger partial charge is 0.494 e. The number of piperidine rings is 1. The third-order valence-electron chi connectivity index (χ3n) is 4.39. The zero-order valence-electron chi connectivity index (χ0n) is 13.2. The molecule has 122 valence electrons. The Bertz CT molecular complexity index is 521. The first-order valence-electron chi connectivity index (χ1n) is 7.86. The van der Waals surface area contributed by atoms with Crippen molar-refractivity contribution in [1.82, 2.24) is 4.90 Å². The number of benzene rings is 1. The molecule has 1 aliphatic heterocycles. The van der Waals surface area contributed by atoms with E-state index in [0.717, 1.165) is 35.9 Å². The standard InChI is InChI=1S/C17H24BrNO3/c1-12-10-15(5-6-16(12)18)22-9-3-4-14-7-8-19(17(20)21)13(2)11-14/h5-6,10,13-14H,3-4,7-9,11H2,1-2H3,(H,20,21)/t13-,14-/m1/s1. The van der Waals surface area contributed by atoms with Gasteiger partial charge in [0.05, 0.1) is 6.61 Å². The Kier molecular flexibility index (Phi) is 6.12. The Morgan fingerprint density at radius 2 is 2.27 bits per heavy atom. The van der Waals surface area contributed by atoms with Gasteiger partial charge in [-0.25, -0.2) is 4.79 Å². The molecule has 1 aromatic rings. The average Bonchev–Trinajstić information content (AvgIpc) is 2.47. The van der Waals surface area contributed by atoms with Crippen LogP contribution in [0.15, 0.2) is 22.7 Å². The predicted octanol–water partition coefficient (Wildman–Crippen LogP) is 4.70. The van der Waals surface area contributed by atoms with E-state index in [9.17, 15) is 4.79 Å². The maximum Gasteiger partial charge on any atom is 0.407 e. The van der Waals surface area contributed by atoms with Gasteiger partial charge in [0.25, 0.3) is 0 Å². The van der Waals surface area contributed by atoms with Crippen LogP contribution >= 0.6 is 15.9 Å². The first kappa shape index (κ1) is 17.1. The summed E-state index contributed by atoms with van der Waals surface area (Å²) in [7, 11) is 0. The number of carboxylic acid groups (broad SMARTS) is 1. The number of ether oxygens (including phenoxy) is 1. The summed E-state index contributed by atoms with van der Waals surface area (Å²) in [6.45, 7) is 5.43. The van der Waals surface area contributed by atoms with Crippen molar-refractivity contribution >= 4 is 22.0 Å². The van der Waals surface area contributed by atoms with Gasteiger partial charge in [0.15, 0.2) is 0 Å². The lowest BCUT2D eigenvalue weighted by Crippen LogP contribution is -2.43. The van der Waals surface area contributed by atoms with Crippen LogP contribution < -0.4 is 4.74 Å². The Hall–Kier alpha value is -1.23. The van der Waals surface area contributed by atoms with Crippen molar-refractivity contribution in [1.29, 1.82) is 0 Å². The maximum absolute atomic E-state index is 11.0. The van der Waals surface area contributed by atoms with E-state index in [1.54, 1.807) is 4.90 Å². The van der Waals surface area contributed by atoms with E-state index in [0.29, 0.717) is 19.1 Å². The Morgan fingerprint density at radius 1 is 1.50 bits per heavy atom. The molecule has 1 saturated heterocycles. The van der Waals surface area contributed by atoms with Crippen molar-refractivity contribution in [2.45, 2.75) is 45.6 Å². The number of nitrogens with zero attached hydrogens (tertiary/aromatic N) is 1. The van der Waals surface area contributed by atoms with E-state index in [2.05, 4.69) is 22.9 Å². The first-order valence-corrected chi connectivity index (χ1v) is 8.65. The summed E-state index contributed by atoms with van der Waals surface area (Å²) in [4.78, 5) is 12.6. The summed E-state index contributed by atoms with van der Waals surface area (Å²) < 4.78 is 6.89. The van der Waals surface area contributed by atoms with Crippen LogP contribution in [0.3, 0.4) is 0 Å². The molecule has 5 heteroatoms. The highest BCUT2D eigenvalue weighted by atomic mass is 79.9. The molecular weight excluding hydrogens is 346 g/mol. The van der Waals surface area contributed by atoms with Crippen LogP contribution in [0.1, 0.15) is 38.2 Å². The maximum atomic E-state index is 11.0. The van der Waals surface area contributed by atoms with Crippen LogP contribution in [0.2, 0.25) is 0 Å². The molecule has 1 amide bonds. The lowest BCUT2D eigenvalue weighted by atomic mass is 9.88. The SMILES string of the molecule is Cc1cc(OCCC[C@@H]2CCN(C(=O)O)[C@H](C)C2)ccc1Br. The molecule has 1 fully saturated rings. The molecule has 0 radical (unpaired) electrons. The number of rotatable bonds is 5. The molecule has 4 nitrogen and oxygen atoms in total. The highest BCUT2D eigenvalue weighted by molar-refractivity contribution is 9.10. The molecule has 1 N–H and O–H groups in total. The van der Waals surface area contributed by atoms with Crippen LogP contribution in [0.4, 0.5) is 4.79 Å². The van der Waals surface area contributed by atoms with Crippen LogP contribution in [0.25, 0.3) is 0 Å². The van der Waals surface area contributed by atoms with Crippen molar-refractivity contribution in [3.05, 3.63) is 28.2 Å². The van der Waals surface area contributed by atoms with Crippen LogP contribution in [-0.4, -0.2) is 35.3 Å². The average molecular weight is 370 g/mol. The topological polar surface area (TPSA) is 49.8 Å². The number of hydrogen-bond donors (Lipinski definition) is 1. The van der Waals surface area contributed by atoms with Gasteiger partial charge in [0, 0.05) is 17.1 Å². The van der Waals surface area contributed by atoms with Crippen molar-refractivity contribution < 1.29 is 14.6 Å². The van der Waals surface area contributed by atoms with E-state index in [1.165, 1.54) is 5.56 Å². The van der Waals surface area contributed by atoms with Crippen molar-refractivity contribution in [2.24, 2.45) is 5.92 Å². The Morgan fingerprint density at radius 3 is 2.91 bits per heavy atom. The van der Waals surface area contributed by atoms with E-state index < -0.39 is 6.09 Å². The lowest BCUT2D eigenvalue weighted by molar-refractivity contribution is 0.0928. The molecule has 1 aromatic carbocycles. The first-order chi connectivity index (χ1) is 10.5. The minimum absolute atomic E-state index is 0.131. The zero-order chi connectivity index (χ0) is 16.1. The molecule has 0 saturated carbocycles. The number of halogens is 1. The fourth-order valence-electron chi connectivity index (χ4n) is 3.08. The van der Waals surface area contributed by atoms with E-state index in [1.807, 2.05) is 25.1 Å². The van der Waals surface area contributed by atoms with Crippen molar-refractivity contribution in [3.63, 3.8) is 0 Å². The number of carbonyl (C=O) groups is 1. The van der Waals surface area contributed by atoms with Gasteiger partial charge in [-0.15, -0.1) is 0 Å². The van der Waals surface area contributed by atoms with Gasteiger partial charge in [-0.05, 0) is 69.2 Å². The smallest absolute Gasteiger partial charge is 0.407 e.